The molecular weight excluding hydrogens is 294 g/mol. The summed E-state index contributed by atoms with van der Waals surface area (Å²) >= 11 is 1.68. The molecule has 0 unspecified atom stereocenters. The van der Waals surface area contributed by atoms with E-state index in [1.165, 1.54) is 0 Å². The average molecular weight is 311 g/mol. The molecule has 0 N–H and O–H groups in total. The summed E-state index contributed by atoms with van der Waals surface area (Å²) in [5.41, 5.74) is 3.34. The Hall–Kier alpha value is -2.33. The molecule has 0 saturated heterocycles. The maximum Gasteiger partial charge on any atom is 0.160 e. The molecule has 112 valence electrons. The second-order valence-corrected chi connectivity index (χ2v) is 5.80. The van der Waals surface area contributed by atoms with Gasteiger partial charge in [-0.05, 0) is 17.7 Å². The fourth-order valence-electron chi connectivity index (χ4n) is 2.30. The van der Waals surface area contributed by atoms with E-state index in [-0.39, 0.29) is 0 Å². The van der Waals surface area contributed by atoms with Gasteiger partial charge in [-0.2, -0.15) is 0 Å². The molecule has 1 heterocycles. The van der Waals surface area contributed by atoms with Crippen LogP contribution in [0.2, 0.25) is 0 Å². The van der Waals surface area contributed by atoms with Crippen LogP contribution in [0.25, 0.3) is 11.3 Å². The first-order chi connectivity index (χ1) is 10.8. The van der Waals surface area contributed by atoms with Gasteiger partial charge in [-0.25, -0.2) is 4.98 Å². The Morgan fingerprint density at radius 1 is 0.955 bits per heavy atom. The number of rotatable bonds is 5. The summed E-state index contributed by atoms with van der Waals surface area (Å²) in [7, 11) is 3.29. The van der Waals surface area contributed by atoms with E-state index in [1.807, 2.05) is 36.4 Å². The van der Waals surface area contributed by atoms with Gasteiger partial charge in [0, 0.05) is 17.4 Å². The molecular formula is C18H17NO2S. The predicted octanol–water partition coefficient (Wildman–Crippen LogP) is 4.42. The minimum Gasteiger partial charge on any atom is -0.493 e. The zero-order chi connectivity index (χ0) is 15.4. The Labute approximate surface area is 134 Å². The second-order valence-electron chi connectivity index (χ2n) is 4.86. The SMILES string of the molecule is COc1ccc(Cc2nc(-c3ccccc3)cs2)cc1OC. The predicted molar refractivity (Wildman–Crippen MR) is 89.9 cm³/mol. The molecule has 3 rings (SSSR count). The highest BCUT2D eigenvalue weighted by Gasteiger charge is 2.08. The molecule has 0 bridgehead atoms. The highest BCUT2D eigenvalue weighted by Crippen LogP contribution is 2.29. The van der Waals surface area contributed by atoms with Crippen LogP contribution in [-0.2, 0) is 6.42 Å². The fourth-order valence-corrected chi connectivity index (χ4v) is 3.14. The van der Waals surface area contributed by atoms with Crippen LogP contribution in [0.5, 0.6) is 11.5 Å². The van der Waals surface area contributed by atoms with Crippen LogP contribution in [0.1, 0.15) is 10.6 Å². The molecule has 0 fully saturated rings. The molecule has 3 aromatic rings. The minimum absolute atomic E-state index is 0.746. The van der Waals surface area contributed by atoms with Crippen molar-refractivity contribution in [2.75, 3.05) is 14.2 Å². The molecule has 0 spiro atoms. The van der Waals surface area contributed by atoms with Crippen LogP contribution in [0.3, 0.4) is 0 Å². The Balaban J connectivity index is 1.81. The summed E-state index contributed by atoms with van der Waals surface area (Å²) in [6.07, 6.45) is 0.790. The highest BCUT2D eigenvalue weighted by molar-refractivity contribution is 7.10. The molecule has 0 atom stereocenters. The molecule has 0 radical (unpaired) electrons. The Kier molecular flexibility index (Phi) is 4.39. The van der Waals surface area contributed by atoms with E-state index in [9.17, 15) is 0 Å². The third-order valence-electron chi connectivity index (χ3n) is 3.42. The van der Waals surface area contributed by atoms with Gasteiger partial charge in [0.2, 0.25) is 0 Å². The standard InChI is InChI=1S/C18H17NO2S/c1-20-16-9-8-13(10-17(16)21-2)11-18-19-15(12-22-18)14-6-4-3-5-7-14/h3-10,12H,11H2,1-2H3. The summed E-state index contributed by atoms with van der Waals surface area (Å²) in [6, 6.07) is 16.2. The zero-order valence-corrected chi connectivity index (χ0v) is 13.4. The monoisotopic (exact) mass is 311 g/mol. The van der Waals surface area contributed by atoms with Crippen molar-refractivity contribution in [3.8, 4) is 22.8 Å². The van der Waals surface area contributed by atoms with Gasteiger partial charge < -0.3 is 9.47 Å². The van der Waals surface area contributed by atoms with Gasteiger partial charge in [0.15, 0.2) is 11.5 Å². The van der Waals surface area contributed by atoms with E-state index < -0.39 is 0 Å². The minimum atomic E-state index is 0.746. The second kappa shape index (κ2) is 6.62. The Morgan fingerprint density at radius 3 is 2.45 bits per heavy atom. The van der Waals surface area contributed by atoms with E-state index in [0.717, 1.165) is 39.7 Å². The van der Waals surface area contributed by atoms with Crippen molar-refractivity contribution in [3.05, 3.63) is 64.5 Å². The molecule has 0 aliphatic carbocycles. The number of aromatic nitrogens is 1. The Morgan fingerprint density at radius 2 is 1.73 bits per heavy atom. The molecule has 2 aromatic carbocycles. The molecule has 0 aliphatic rings. The summed E-state index contributed by atoms with van der Waals surface area (Å²) in [5.74, 6) is 1.50. The largest absolute Gasteiger partial charge is 0.493 e. The normalized spacial score (nSPS) is 10.5. The van der Waals surface area contributed by atoms with E-state index in [0.29, 0.717) is 0 Å². The van der Waals surface area contributed by atoms with Crippen LogP contribution < -0.4 is 9.47 Å². The number of benzene rings is 2. The highest BCUT2D eigenvalue weighted by atomic mass is 32.1. The molecule has 3 nitrogen and oxygen atoms in total. The number of thiazole rings is 1. The van der Waals surface area contributed by atoms with Gasteiger partial charge in [-0.15, -0.1) is 11.3 Å². The maximum absolute atomic E-state index is 5.35. The third kappa shape index (κ3) is 3.12. The lowest BCUT2D eigenvalue weighted by Crippen LogP contribution is -1.93. The summed E-state index contributed by atoms with van der Waals surface area (Å²) in [6.45, 7) is 0. The number of ether oxygens (including phenoxy) is 2. The quantitative estimate of drug-likeness (QED) is 0.699. The van der Waals surface area contributed by atoms with Crippen LogP contribution in [0, 0.1) is 0 Å². The van der Waals surface area contributed by atoms with E-state index in [1.54, 1.807) is 25.6 Å². The first-order valence-electron chi connectivity index (χ1n) is 7.01. The summed E-state index contributed by atoms with van der Waals surface area (Å²) in [5, 5.41) is 3.19. The average Bonchev–Trinajstić information content (AvgIpc) is 3.04. The van der Waals surface area contributed by atoms with Crippen molar-refractivity contribution in [2.24, 2.45) is 0 Å². The van der Waals surface area contributed by atoms with Crippen molar-refractivity contribution < 1.29 is 9.47 Å². The molecule has 0 aliphatic heterocycles. The van der Waals surface area contributed by atoms with E-state index in [2.05, 4.69) is 17.5 Å². The van der Waals surface area contributed by atoms with Gasteiger partial charge in [0.1, 0.15) is 0 Å². The van der Waals surface area contributed by atoms with Crippen molar-refractivity contribution in [2.45, 2.75) is 6.42 Å². The van der Waals surface area contributed by atoms with Crippen LogP contribution in [-0.4, -0.2) is 19.2 Å². The van der Waals surface area contributed by atoms with E-state index >= 15 is 0 Å². The van der Waals surface area contributed by atoms with Gasteiger partial charge in [-0.1, -0.05) is 36.4 Å². The Bertz CT molecular complexity index is 753. The molecule has 22 heavy (non-hydrogen) atoms. The third-order valence-corrected chi connectivity index (χ3v) is 4.27. The number of hydrogen-bond donors (Lipinski definition) is 0. The van der Waals surface area contributed by atoms with Crippen molar-refractivity contribution in [1.82, 2.24) is 4.98 Å². The van der Waals surface area contributed by atoms with Gasteiger partial charge in [0.05, 0.1) is 24.9 Å². The topological polar surface area (TPSA) is 31.4 Å². The van der Waals surface area contributed by atoms with Gasteiger partial charge >= 0.3 is 0 Å². The number of hydrogen-bond acceptors (Lipinski definition) is 4. The first kappa shape index (κ1) is 14.6. The van der Waals surface area contributed by atoms with Gasteiger partial charge in [0.25, 0.3) is 0 Å². The first-order valence-corrected chi connectivity index (χ1v) is 7.89. The summed E-state index contributed by atoms with van der Waals surface area (Å²) < 4.78 is 10.6. The van der Waals surface area contributed by atoms with Crippen molar-refractivity contribution >= 4 is 11.3 Å². The molecule has 0 saturated carbocycles. The number of methoxy groups -OCH3 is 2. The maximum atomic E-state index is 5.35. The van der Waals surface area contributed by atoms with Gasteiger partial charge in [-0.3, -0.25) is 0 Å². The van der Waals surface area contributed by atoms with Crippen LogP contribution in [0.4, 0.5) is 0 Å². The molecule has 0 amide bonds. The lowest BCUT2D eigenvalue weighted by Gasteiger charge is -2.08. The fraction of sp³-hybridized carbons (Fsp3) is 0.167. The molecule has 4 heteroatoms. The van der Waals surface area contributed by atoms with Crippen LogP contribution >= 0.6 is 11.3 Å². The van der Waals surface area contributed by atoms with Crippen LogP contribution in [0.15, 0.2) is 53.9 Å². The summed E-state index contributed by atoms with van der Waals surface area (Å²) in [4.78, 5) is 4.72. The number of nitrogens with zero attached hydrogens (tertiary/aromatic N) is 1. The van der Waals surface area contributed by atoms with Crippen molar-refractivity contribution in [3.63, 3.8) is 0 Å². The van der Waals surface area contributed by atoms with Crippen molar-refractivity contribution in [1.29, 1.82) is 0 Å². The lowest BCUT2D eigenvalue weighted by atomic mass is 10.1. The van der Waals surface area contributed by atoms with E-state index in [4.69, 9.17) is 14.5 Å². The lowest BCUT2D eigenvalue weighted by molar-refractivity contribution is 0.354. The zero-order valence-electron chi connectivity index (χ0n) is 12.6. The smallest absolute Gasteiger partial charge is 0.160 e. The molecule has 1 aromatic heterocycles.